The molecule has 0 saturated carbocycles. The number of fused-ring (bicyclic) bond motifs is 1. The van der Waals surface area contributed by atoms with Gasteiger partial charge >= 0.3 is 0 Å². The third-order valence-electron chi connectivity index (χ3n) is 2.96. The lowest BCUT2D eigenvalue weighted by Gasteiger charge is -2.25. The van der Waals surface area contributed by atoms with E-state index in [9.17, 15) is 0 Å². The van der Waals surface area contributed by atoms with Crippen LogP contribution in [0.1, 0.15) is 35.6 Å². The molecule has 0 spiro atoms. The van der Waals surface area contributed by atoms with Gasteiger partial charge in [0.15, 0.2) is 0 Å². The Hall–Kier alpha value is -0.820. The minimum absolute atomic E-state index is 0.587. The number of benzene rings is 1. The van der Waals surface area contributed by atoms with E-state index in [4.69, 9.17) is 0 Å². The van der Waals surface area contributed by atoms with E-state index in [0.29, 0.717) is 6.04 Å². The van der Waals surface area contributed by atoms with E-state index in [0.717, 1.165) is 0 Å². The Morgan fingerprint density at radius 2 is 2.23 bits per heavy atom. The zero-order valence-electron chi connectivity index (χ0n) is 8.43. The molecule has 0 fully saturated rings. The van der Waals surface area contributed by atoms with E-state index >= 15 is 0 Å². The van der Waals surface area contributed by atoms with E-state index in [-0.39, 0.29) is 0 Å². The maximum absolute atomic E-state index is 3.39. The van der Waals surface area contributed by atoms with Gasteiger partial charge in [0.1, 0.15) is 0 Å². The van der Waals surface area contributed by atoms with Crippen molar-refractivity contribution in [2.45, 2.75) is 32.2 Å². The SMILES string of the molecule is CNC1CCCc2ccc(C)cc21. The first kappa shape index (κ1) is 8.76. The highest BCUT2D eigenvalue weighted by atomic mass is 14.9. The van der Waals surface area contributed by atoms with Crippen LogP contribution >= 0.6 is 0 Å². The summed E-state index contributed by atoms with van der Waals surface area (Å²) >= 11 is 0. The highest BCUT2D eigenvalue weighted by Crippen LogP contribution is 2.29. The fourth-order valence-electron chi connectivity index (χ4n) is 2.22. The summed E-state index contributed by atoms with van der Waals surface area (Å²) in [4.78, 5) is 0. The van der Waals surface area contributed by atoms with Gasteiger partial charge < -0.3 is 5.32 Å². The van der Waals surface area contributed by atoms with Crippen molar-refractivity contribution < 1.29 is 0 Å². The number of hydrogen-bond acceptors (Lipinski definition) is 1. The third-order valence-corrected chi connectivity index (χ3v) is 2.96. The molecule has 1 N–H and O–H groups in total. The Morgan fingerprint density at radius 3 is 3.00 bits per heavy atom. The van der Waals surface area contributed by atoms with Crippen molar-refractivity contribution in [1.82, 2.24) is 5.32 Å². The Kier molecular flexibility index (Phi) is 2.36. The minimum atomic E-state index is 0.587. The number of rotatable bonds is 1. The van der Waals surface area contributed by atoms with Crippen molar-refractivity contribution in [3.8, 4) is 0 Å². The van der Waals surface area contributed by atoms with Gasteiger partial charge in [-0.2, -0.15) is 0 Å². The van der Waals surface area contributed by atoms with Crippen LogP contribution in [0.4, 0.5) is 0 Å². The lowest BCUT2D eigenvalue weighted by Crippen LogP contribution is -2.21. The lowest BCUT2D eigenvalue weighted by molar-refractivity contribution is 0.496. The van der Waals surface area contributed by atoms with Crippen molar-refractivity contribution in [2.24, 2.45) is 0 Å². The maximum atomic E-state index is 3.39. The standard InChI is InChI=1S/C12H17N/c1-9-6-7-10-4-3-5-12(13-2)11(10)8-9/h6-8,12-13H,3-5H2,1-2H3. The summed E-state index contributed by atoms with van der Waals surface area (Å²) in [6.45, 7) is 2.17. The van der Waals surface area contributed by atoms with E-state index in [1.165, 1.54) is 36.0 Å². The smallest absolute Gasteiger partial charge is 0.0320 e. The first-order valence-electron chi connectivity index (χ1n) is 5.08. The zero-order valence-corrected chi connectivity index (χ0v) is 8.43. The van der Waals surface area contributed by atoms with Gasteiger partial charge in [0.2, 0.25) is 0 Å². The van der Waals surface area contributed by atoms with Crippen LogP contribution in [0.3, 0.4) is 0 Å². The topological polar surface area (TPSA) is 12.0 Å². The zero-order chi connectivity index (χ0) is 9.26. The summed E-state index contributed by atoms with van der Waals surface area (Å²) in [5.74, 6) is 0. The molecule has 1 heteroatoms. The summed E-state index contributed by atoms with van der Waals surface area (Å²) < 4.78 is 0. The van der Waals surface area contributed by atoms with Gasteiger partial charge in [-0.1, -0.05) is 23.8 Å². The molecule has 1 nitrogen and oxygen atoms in total. The van der Waals surface area contributed by atoms with Crippen LogP contribution in [0.15, 0.2) is 18.2 Å². The van der Waals surface area contributed by atoms with Crippen molar-refractivity contribution in [2.75, 3.05) is 7.05 Å². The van der Waals surface area contributed by atoms with Crippen LogP contribution < -0.4 is 5.32 Å². The predicted octanol–water partition coefficient (Wildman–Crippen LogP) is 2.59. The van der Waals surface area contributed by atoms with Crippen molar-refractivity contribution in [3.63, 3.8) is 0 Å². The Labute approximate surface area is 80.2 Å². The first-order valence-corrected chi connectivity index (χ1v) is 5.08. The molecular formula is C12H17N. The Balaban J connectivity index is 2.41. The van der Waals surface area contributed by atoms with Crippen LogP contribution in [0.25, 0.3) is 0 Å². The van der Waals surface area contributed by atoms with Gasteiger partial charge in [0.25, 0.3) is 0 Å². The monoisotopic (exact) mass is 175 g/mol. The molecular weight excluding hydrogens is 158 g/mol. The largest absolute Gasteiger partial charge is 0.313 e. The van der Waals surface area contributed by atoms with E-state index < -0.39 is 0 Å². The molecule has 0 radical (unpaired) electrons. The molecule has 1 atom stereocenters. The number of hydrogen-bond donors (Lipinski definition) is 1. The predicted molar refractivity (Wildman–Crippen MR) is 55.9 cm³/mol. The van der Waals surface area contributed by atoms with Crippen molar-refractivity contribution >= 4 is 0 Å². The van der Waals surface area contributed by atoms with Crippen LogP contribution in [0.2, 0.25) is 0 Å². The van der Waals surface area contributed by atoms with E-state index in [2.05, 4.69) is 37.5 Å². The molecule has 70 valence electrons. The first-order chi connectivity index (χ1) is 6.31. The van der Waals surface area contributed by atoms with E-state index in [1.54, 1.807) is 0 Å². The fourth-order valence-corrected chi connectivity index (χ4v) is 2.22. The minimum Gasteiger partial charge on any atom is -0.313 e. The second-order valence-electron chi connectivity index (χ2n) is 3.94. The molecule has 1 aliphatic carbocycles. The molecule has 0 saturated heterocycles. The molecule has 1 aliphatic rings. The average molecular weight is 175 g/mol. The lowest BCUT2D eigenvalue weighted by atomic mass is 9.87. The van der Waals surface area contributed by atoms with Crippen LogP contribution in [-0.4, -0.2) is 7.05 Å². The number of nitrogens with one attached hydrogen (secondary N) is 1. The average Bonchev–Trinajstić information content (AvgIpc) is 2.17. The summed E-state index contributed by atoms with van der Waals surface area (Å²) in [6, 6.07) is 7.42. The van der Waals surface area contributed by atoms with Crippen LogP contribution in [-0.2, 0) is 6.42 Å². The van der Waals surface area contributed by atoms with Crippen molar-refractivity contribution in [3.05, 3.63) is 34.9 Å². The molecule has 0 heterocycles. The fraction of sp³-hybridized carbons (Fsp3) is 0.500. The molecule has 0 aliphatic heterocycles. The Morgan fingerprint density at radius 1 is 1.38 bits per heavy atom. The van der Waals surface area contributed by atoms with Gasteiger partial charge in [0.05, 0.1) is 0 Å². The summed E-state index contributed by atoms with van der Waals surface area (Å²) in [7, 11) is 2.06. The molecule has 0 bridgehead atoms. The normalized spacial score (nSPS) is 21.2. The van der Waals surface area contributed by atoms with Gasteiger partial charge in [-0.05, 0) is 44.4 Å². The summed E-state index contributed by atoms with van der Waals surface area (Å²) in [5, 5.41) is 3.39. The molecule has 2 rings (SSSR count). The highest BCUT2D eigenvalue weighted by molar-refractivity contribution is 5.35. The Bertz CT molecular complexity index is 304. The highest BCUT2D eigenvalue weighted by Gasteiger charge is 2.17. The van der Waals surface area contributed by atoms with E-state index in [1.807, 2.05) is 0 Å². The van der Waals surface area contributed by atoms with Gasteiger partial charge in [-0.15, -0.1) is 0 Å². The maximum Gasteiger partial charge on any atom is 0.0320 e. The van der Waals surface area contributed by atoms with Crippen LogP contribution in [0, 0.1) is 6.92 Å². The van der Waals surface area contributed by atoms with Crippen molar-refractivity contribution in [1.29, 1.82) is 0 Å². The number of aryl methyl sites for hydroxylation is 2. The second-order valence-corrected chi connectivity index (χ2v) is 3.94. The van der Waals surface area contributed by atoms with Gasteiger partial charge in [0, 0.05) is 6.04 Å². The molecule has 1 aromatic carbocycles. The molecule has 0 amide bonds. The molecule has 0 aromatic heterocycles. The summed E-state index contributed by atoms with van der Waals surface area (Å²) in [6.07, 6.45) is 3.86. The van der Waals surface area contributed by atoms with Crippen LogP contribution in [0.5, 0.6) is 0 Å². The molecule has 1 aromatic rings. The summed E-state index contributed by atoms with van der Waals surface area (Å²) in [5.41, 5.74) is 4.44. The second kappa shape index (κ2) is 3.51. The van der Waals surface area contributed by atoms with Gasteiger partial charge in [-0.3, -0.25) is 0 Å². The quantitative estimate of drug-likeness (QED) is 0.691. The molecule has 1 unspecified atom stereocenters. The van der Waals surface area contributed by atoms with Gasteiger partial charge in [-0.25, -0.2) is 0 Å². The molecule has 13 heavy (non-hydrogen) atoms. The third kappa shape index (κ3) is 1.61.